The fourth-order valence-corrected chi connectivity index (χ4v) is 3.94. The maximum atomic E-state index is 12.7. The van der Waals surface area contributed by atoms with E-state index in [1.807, 2.05) is 19.1 Å². The normalized spacial score (nSPS) is 10.5. The van der Waals surface area contributed by atoms with Crippen LogP contribution in [0.2, 0.25) is 5.02 Å². The number of rotatable bonds is 7. The fourth-order valence-electron chi connectivity index (χ4n) is 2.82. The van der Waals surface area contributed by atoms with Crippen LogP contribution in [-0.2, 0) is 6.54 Å². The number of hydrogen-bond donors (Lipinski definition) is 1. The number of methoxy groups -OCH3 is 3. The first-order chi connectivity index (χ1) is 14.0. The molecule has 0 unspecified atom stereocenters. The number of nitrogens with zero attached hydrogens (tertiary/aromatic N) is 1. The van der Waals surface area contributed by atoms with Crippen molar-refractivity contribution in [3.05, 3.63) is 57.6 Å². The standard InChI is InChI=1S/C21H21ClN2O4S/c1-12-19(29-21(24-12)14-5-7-15(22)8-6-14)20(25)23-11-13-9-16(26-2)18(28-4)17(10-13)27-3/h5-10H,11H2,1-4H3,(H,23,25). The largest absolute Gasteiger partial charge is 0.493 e. The Morgan fingerprint density at radius 3 is 2.24 bits per heavy atom. The third-order valence-corrected chi connectivity index (χ3v) is 5.73. The van der Waals surface area contributed by atoms with Gasteiger partial charge in [-0.3, -0.25) is 4.79 Å². The third kappa shape index (κ3) is 4.63. The van der Waals surface area contributed by atoms with E-state index in [-0.39, 0.29) is 5.91 Å². The molecule has 29 heavy (non-hydrogen) atoms. The smallest absolute Gasteiger partial charge is 0.263 e. The van der Waals surface area contributed by atoms with Crippen molar-refractivity contribution in [3.63, 3.8) is 0 Å². The quantitative estimate of drug-likeness (QED) is 0.584. The van der Waals surface area contributed by atoms with Gasteiger partial charge in [-0.2, -0.15) is 0 Å². The van der Waals surface area contributed by atoms with Gasteiger partial charge in [0.2, 0.25) is 5.75 Å². The van der Waals surface area contributed by atoms with Crippen molar-refractivity contribution in [2.75, 3.05) is 21.3 Å². The number of aryl methyl sites for hydroxylation is 1. The van der Waals surface area contributed by atoms with E-state index < -0.39 is 0 Å². The Balaban J connectivity index is 1.77. The molecular formula is C21H21ClN2O4S. The van der Waals surface area contributed by atoms with Crippen molar-refractivity contribution in [2.45, 2.75) is 13.5 Å². The van der Waals surface area contributed by atoms with Crippen LogP contribution in [0.4, 0.5) is 0 Å². The highest BCUT2D eigenvalue weighted by atomic mass is 35.5. The minimum atomic E-state index is -0.186. The summed E-state index contributed by atoms with van der Waals surface area (Å²) in [6.07, 6.45) is 0. The van der Waals surface area contributed by atoms with Crippen LogP contribution in [0.1, 0.15) is 20.9 Å². The van der Waals surface area contributed by atoms with Gasteiger partial charge < -0.3 is 19.5 Å². The van der Waals surface area contributed by atoms with Gasteiger partial charge in [0.05, 0.1) is 27.0 Å². The Kier molecular flexibility index (Phi) is 6.61. The van der Waals surface area contributed by atoms with E-state index in [0.717, 1.165) is 16.1 Å². The zero-order valence-electron chi connectivity index (χ0n) is 16.5. The van der Waals surface area contributed by atoms with E-state index >= 15 is 0 Å². The van der Waals surface area contributed by atoms with E-state index in [4.69, 9.17) is 25.8 Å². The predicted molar refractivity (Wildman–Crippen MR) is 115 cm³/mol. The highest BCUT2D eigenvalue weighted by Crippen LogP contribution is 2.38. The zero-order chi connectivity index (χ0) is 21.0. The minimum absolute atomic E-state index is 0.186. The molecule has 1 heterocycles. The van der Waals surface area contributed by atoms with E-state index in [2.05, 4.69) is 10.3 Å². The van der Waals surface area contributed by atoms with Crippen LogP contribution < -0.4 is 19.5 Å². The molecule has 1 N–H and O–H groups in total. The number of carbonyl (C=O) groups is 1. The van der Waals surface area contributed by atoms with Crippen LogP contribution in [0.15, 0.2) is 36.4 Å². The number of halogens is 1. The lowest BCUT2D eigenvalue weighted by atomic mass is 10.1. The molecule has 2 aromatic carbocycles. The second kappa shape index (κ2) is 9.15. The molecule has 0 aliphatic rings. The molecule has 8 heteroatoms. The van der Waals surface area contributed by atoms with Crippen molar-refractivity contribution in [3.8, 4) is 27.8 Å². The summed E-state index contributed by atoms with van der Waals surface area (Å²) in [6.45, 7) is 2.13. The number of hydrogen-bond acceptors (Lipinski definition) is 6. The van der Waals surface area contributed by atoms with Gasteiger partial charge in [0.1, 0.15) is 9.88 Å². The maximum absolute atomic E-state index is 12.7. The molecule has 0 aliphatic carbocycles. The minimum Gasteiger partial charge on any atom is -0.493 e. The van der Waals surface area contributed by atoms with Gasteiger partial charge in [-0.15, -0.1) is 11.3 Å². The summed E-state index contributed by atoms with van der Waals surface area (Å²) in [7, 11) is 4.66. The van der Waals surface area contributed by atoms with Gasteiger partial charge in [0, 0.05) is 17.1 Å². The zero-order valence-corrected chi connectivity index (χ0v) is 18.1. The topological polar surface area (TPSA) is 69.7 Å². The lowest BCUT2D eigenvalue weighted by molar-refractivity contribution is 0.0954. The van der Waals surface area contributed by atoms with Crippen LogP contribution in [0.3, 0.4) is 0 Å². The molecule has 0 saturated carbocycles. The summed E-state index contributed by atoms with van der Waals surface area (Å²) in [5, 5.41) is 4.36. The first-order valence-corrected chi connectivity index (χ1v) is 9.96. The molecule has 0 radical (unpaired) electrons. The van der Waals surface area contributed by atoms with E-state index in [9.17, 15) is 4.79 Å². The molecule has 3 aromatic rings. The summed E-state index contributed by atoms with van der Waals surface area (Å²) < 4.78 is 16.0. The molecule has 0 fully saturated rings. The Bertz CT molecular complexity index is 993. The van der Waals surface area contributed by atoms with Crippen molar-refractivity contribution in [1.29, 1.82) is 0 Å². The molecular weight excluding hydrogens is 412 g/mol. The second-order valence-corrected chi connectivity index (χ2v) is 7.59. The molecule has 152 valence electrons. The molecule has 1 amide bonds. The van der Waals surface area contributed by atoms with Crippen LogP contribution in [0.5, 0.6) is 17.2 Å². The molecule has 0 spiro atoms. The Morgan fingerprint density at radius 2 is 1.69 bits per heavy atom. The summed E-state index contributed by atoms with van der Waals surface area (Å²) in [6, 6.07) is 11.0. The highest BCUT2D eigenvalue weighted by molar-refractivity contribution is 7.17. The van der Waals surface area contributed by atoms with Crippen LogP contribution in [-0.4, -0.2) is 32.2 Å². The van der Waals surface area contributed by atoms with Crippen molar-refractivity contribution >= 4 is 28.8 Å². The fraction of sp³-hybridized carbons (Fsp3) is 0.238. The highest BCUT2D eigenvalue weighted by Gasteiger charge is 2.17. The second-order valence-electron chi connectivity index (χ2n) is 6.16. The van der Waals surface area contributed by atoms with E-state index in [1.54, 1.807) is 45.6 Å². The molecule has 0 saturated heterocycles. The molecule has 0 bridgehead atoms. The summed E-state index contributed by atoms with van der Waals surface area (Å²) in [4.78, 5) is 17.8. The molecule has 3 rings (SSSR count). The summed E-state index contributed by atoms with van der Waals surface area (Å²) >= 11 is 7.29. The molecule has 1 aromatic heterocycles. The number of thiazole rings is 1. The van der Waals surface area contributed by atoms with Crippen molar-refractivity contribution in [1.82, 2.24) is 10.3 Å². The number of amides is 1. The number of aromatic nitrogens is 1. The molecule has 0 aliphatic heterocycles. The number of benzene rings is 2. The average molecular weight is 433 g/mol. The molecule has 0 atom stereocenters. The van der Waals surface area contributed by atoms with Gasteiger partial charge in [-0.1, -0.05) is 23.7 Å². The van der Waals surface area contributed by atoms with Gasteiger partial charge in [-0.25, -0.2) is 4.98 Å². The lowest BCUT2D eigenvalue weighted by Crippen LogP contribution is -2.22. The van der Waals surface area contributed by atoms with Gasteiger partial charge in [-0.05, 0) is 36.8 Å². The lowest BCUT2D eigenvalue weighted by Gasteiger charge is -2.14. The Labute approximate surface area is 178 Å². The summed E-state index contributed by atoms with van der Waals surface area (Å²) in [5.41, 5.74) is 2.43. The van der Waals surface area contributed by atoms with Crippen molar-refractivity contribution < 1.29 is 19.0 Å². The predicted octanol–water partition coefficient (Wildman–Crippen LogP) is 4.73. The first kappa shape index (κ1) is 21.0. The number of carbonyl (C=O) groups excluding carboxylic acids is 1. The van der Waals surface area contributed by atoms with Gasteiger partial charge >= 0.3 is 0 Å². The average Bonchev–Trinajstić information content (AvgIpc) is 3.13. The number of nitrogens with one attached hydrogen (secondary N) is 1. The Hall–Kier alpha value is -2.77. The summed E-state index contributed by atoms with van der Waals surface area (Å²) in [5.74, 6) is 1.40. The number of ether oxygens (including phenoxy) is 3. The molecule has 6 nitrogen and oxygen atoms in total. The van der Waals surface area contributed by atoms with Crippen LogP contribution >= 0.6 is 22.9 Å². The van der Waals surface area contributed by atoms with Crippen molar-refractivity contribution in [2.24, 2.45) is 0 Å². The van der Waals surface area contributed by atoms with Crippen LogP contribution in [0.25, 0.3) is 10.6 Å². The third-order valence-electron chi connectivity index (χ3n) is 4.27. The SMILES string of the molecule is COc1cc(CNC(=O)c2sc(-c3ccc(Cl)cc3)nc2C)cc(OC)c1OC. The van der Waals surface area contributed by atoms with Gasteiger partial charge in [0.25, 0.3) is 5.91 Å². The van der Waals surface area contributed by atoms with Gasteiger partial charge in [0.15, 0.2) is 11.5 Å². The van der Waals surface area contributed by atoms with E-state index in [0.29, 0.717) is 39.4 Å². The Morgan fingerprint density at radius 1 is 1.07 bits per heavy atom. The maximum Gasteiger partial charge on any atom is 0.263 e. The monoisotopic (exact) mass is 432 g/mol. The van der Waals surface area contributed by atoms with E-state index in [1.165, 1.54) is 11.3 Å². The van der Waals surface area contributed by atoms with Crippen LogP contribution in [0, 0.1) is 6.92 Å². The first-order valence-electron chi connectivity index (χ1n) is 8.77.